The molecule has 0 saturated carbocycles. The highest BCUT2D eigenvalue weighted by Gasteiger charge is 2.17. The lowest BCUT2D eigenvalue weighted by molar-refractivity contribution is 0.353. The van der Waals surface area contributed by atoms with Gasteiger partial charge in [0.2, 0.25) is 0 Å². The van der Waals surface area contributed by atoms with Crippen molar-refractivity contribution in [3.8, 4) is 11.5 Å². The number of rotatable bonds is 4. The number of hydrogen-bond donors (Lipinski definition) is 2. The summed E-state index contributed by atoms with van der Waals surface area (Å²) in [5, 5.41) is 3.74. The van der Waals surface area contributed by atoms with E-state index in [0.29, 0.717) is 24.1 Å². The van der Waals surface area contributed by atoms with E-state index in [1.165, 1.54) is 0 Å². The van der Waals surface area contributed by atoms with Gasteiger partial charge in [-0.15, -0.1) is 0 Å². The van der Waals surface area contributed by atoms with Gasteiger partial charge in [-0.05, 0) is 42.0 Å². The Bertz CT molecular complexity index is 729. The van der Waals surface area contributed by atoms with Crippen LogP contribution in [0.4, 0.5) is 5.69 Å². The van der Waals surface area contributed by atoms with E-state index in [4.69, 9.17) is 26.8 Å². The zero-order valence-corrected chi connectivity index (χ0v) is 13.6. The fraction of sp³-hybridized carbons (Fsp3) is 0.235. The number of guanidine groups is 1. The van der Waals surface area contributed by atoms with Crippen LogP contribution in [0.25, 0.3) is 0 Å². The summed E-state index contributed by atoms with van der Waals surface area (Å²) in [6.45, 7) is 1.10. The number of fused-ring (bicyclic) bond motifs is 1. The zero-order chi connectivity index (χ0) is 16.2. The monoisotopic (exact) mass is 331 g/mol. The number of halogens is 1. The van der Waals surface area contributed by atoms with Gasteiger partial charge in [0, 0.05) is 22.7 Å². The molecule has 0 aromatic heterocycles. The van der Waals surface area contributed by atoms with Crippen molar-refractivity contribution in [2.24, 2.45) is 10.7 Å². The molecule has 0 unspecified atom stereocenters. The third-order valence-electron chi connectivity index (χ3n) is 3.61. The predicted octanol–water partition coefficient (Wildman–Crippen LogP) is 3.21. The molecule has 3 N–H and O–H groups in total. The van der Waals surface area contributed by atoms with E-state index in [9.17, 15) is 0 Å². The molecule has 0 radical (unpaired) electrons. The molecule has 120 valence electrons. The van der Waals surface area contributed by atoms with Gasteiger partial charge in [0.1, 0.15) is 11.5 Å². The lowest BCUT2D eigenvalue weighted by atomic mass is 10.1. The normalized spacial score (nSPS) is 13.4. The van der Waals surface area contributed by atoms with Crippen molar-refractivity contribution in [2.75, 3.05) is 19.0 Å². The number of nitrogens with two attached hydrogens (primary N) is 1. The standard InChI is InChI=1S/C17H18ClN3O2/c1-22-15-4-2-14(3-5-15)21-17(19)20-10-12-9-13(18)8-11-6-7-23-16(11)12/h2-5,8-9H,6-7,10H2,1H3,(H3,19,20,21). The summed E-state index contributed by atoms with van der Waals surface area (Å²) in [6.07, 6.45) is 0.881. The topological polar surface area (TPSA) is 68.9 Å². The summed E-state index contributed by atoms with van der Waals surface area (Å²) in [4.78, 5) is 4.36. The van der Waals surface area contributed by atoms with Gasteiger partial charge in [0.15, 0.2) is 5.96 Å². The number of nitrogens with zero attached hydrogens (tertiary/aromatic N) is 1. The van der Waals surface area contributed by atoms with Crippen LogP contribution in [0.3, 0.4) is 0 Å². The second kappa shape index (κ2) is 6.79. The lowest BCUT2D eigenvalue weighted by Gasteiger charge is -2.09. The summed E-state index contributed by atoms with van der Waals surface area (Å²) in [5.74, 6) is 2.01. The molecule has 0 spiro atoms. The Balaban J connectivity index is 1.70. The highest BCUT2D eigenvalue weighted by atomic mass is 35.5. The molecule has 0 bridgehead atoms. The average molecular weight is 332 g/mol. The van der Waals surface area contributed by atoms with Crippen LogP contribution in [0.2, 0.25) is 5.02 Å². The van der Waals surface area contributed by atoms with Gasteiger partial charge in [-0.2, -0.15) is 0 Å². The molecule has 0 atom stereocenters. The number of hydrogen-bond acceptors (Lipinski definition) is 3. The first-order valence-corrected chi connectivity index (χ1v) is 7.68. The van der Waals surface area contributed by atoms with Gasteiger partial charge in [-0.1, -0.05) is 11.6 Å². The van der Waals surface area contributed by atoms with E-state index in [1.54, 1.807) is 7.11 Å². The van der Waals surface area contributed by atoms with Crippen molar-refractivity contribution >= 4 is 23.2 Å². The molecule has 2 aromatic carbocycles. The Morgan fingerprint density at radius 1 is 1.35 bits per heavy atom. The fourth-order valence-electron chi connectivity index (χ4n) is 2.50. The second-order valence-electron chi connectivity index (χ2n) is 5.21. The van der Waals surface area contributed by atoms with Crippen LogP contribution in [0.5, 0.6) is 11.5 Å². The molecular weight excluding hydrogens is 314 g/mol. The first-order valence-electron chi connectivity index (χ1n) is 7.31. The van der Waals surface area contributed by atoms with Crippen LogP contribution in [-0.4, -0.2) is 19.7 Å². The highest BCUT2D eigenvalue weighted by molar-refractivity contribution is 6.30. The Morgan fingerprint density at radius 2 is 2.13 bits per heavy atom. The first kappa shape index (κ1) is 15.5. The van der Waals surface area contributed by atoms with E-state index in [1.807, 2.05) is 36.4 Å². The Kier molecular flexibility index (Phi) is 4.57. The molecular formula is C17H18ClN3O2. The third kappa shape index (κ3) is 3.68. The van der Waals surface area contributed by atoms with Crippen LogP contribution >= 0.6 is 11.6 Å². The summed E-state index contributed by atoms with van der Waals surface area (Å²) in [5.41, 5.74) is 8.87. The molecule has 6 heteroatoms. The fourth-order valence-corrected chi connectivity index (χ4v) is 2.76. The van der Waals surface area contributed by atoms with Crippen LogP contribution in [0, 0.1) is 0 Å². The summed E-state index contributed by atoms with van der Waals surface area (Å²) in [6, 6.07) is 11.3. The van der Waals surface area contributed by atoms with Crippen molar-refractivity contribution in [1.29, 1.82) is 0 Å². The maximum absolute atomic E-state index is 6.14. The van der Waals surface area contributed by atoms with Gasteiger partial charge >= 0.3 is 0 Å². The number of nitrogens with one attached hydrogen (secondary N) is 1. The van der Waals surface area contributed by atoms with Crippen LogP contribution in [0.1, 0.15) is 11.1 Å². The van der Waals surface area contributed by atoms with Crippen molar-refractivity contribution in [1.82, 2.24) is 0 Å². The van der Waals surface area contributed by atoms with E-state index in [0.717, 1.165) is 34.7 Å². The number of ether oxygens (including phenoxy) is 2. The molecule has 2 aromatic rings. The minimum atomic E-state index is 0.335. The van der Waals surface area contributed by atoms with Crippen LogP contribution in [-0.2, 0) is 13.0 Å². The zero-order valence-electron chi connectivity index (χ0n) is 12.8. The number of anilines is 1. The SMILES string of the molecule is COc1ccc(NC(N)=NCc2cc(Cl)cc3c2OCC3)cc1. The van der Waals surface area contributed by atoms with E-state index >= 15 is 0 Å². The van der Waals surface area contributed by atoms with Crippen molar-refractivity contribution in [3.63, 3.8) is 0 Å². The predicted molar refractivity (Wildman–Crippen MR) is 92.6 cm³/mol. The lowest BCUT2D eigenvalue weighted by Crippen LogP contribution is -2.22. The second-order valence-corrected chi connectivity index (χ2v) is 5.64. The van der Waals surface area contributed by atoms with Crippen molar-refractivity contribution in [3.05, 3.63) is 52.5 Å². The van der Waals surface area contributed by atoms with Gasteiger partial charge < -0.3 is 20.5 Å². The van der Waals surface area contributed by atoms with Gasteiger partial charge in [0.05, 0.1) is 20.3 Å². The number of aliphatic imine (C=N–C) groups is 1. The Labute approximate surface area is 140 Å². The molecule has 0 amide bonds. The molecule has 1 heterocycles. The quantitative estimate of drug-likeness (QED) is 0.666. The van der Waals surface area contributed by atoms with Gasteiger partial charge in [0.25, 0.3) is 0 Å². The van der Waals surface area contributed by atoms with Crippen molar-refractivity contribution < 1.29 is 9.47 Å². The van der Waals surface area contributed by atoms with Crippen LogP contribution in [0.15, 0.2) is 41.4 Å². The maximum Gasteiger partial charge on any atom is 0.193 e. The van der Waals surface area contributed by atoms with E-state index < -0.39 is 0 Å². The summed E-state index contributed by atoms with van der Waals surface area (Å²) < 4.78 is 10.8. The molecule has 5 nitrogen and oxygen atoms in total. The Hall–Kier alpha value is -2.40. The number of methoxy groups -OCH3 is 1. The summed E-state index contributed by atoms with van der Waals surface area (Å²) in [7, 11) is 1.63. The van der Waals surface area contributed by atoms with E-state index in [-0.39, 0.29) is 0 Å². The Morgan fingerprint density at radius 3 is 2.87 bits per heavy atom. The minimum absolute atomic E-state index is 0.335. The smallest absolute Gasteiger partial charge is 0.193 e. The van der Waals surface area contributed by atoms with Crippen LogP contribution < -0.4 is 20.5 Å². The molecule has 0 aliphatic carbocycles. The largest absolute Gasteiger partial charge is 0.497 e. The molecule has 0 fully saturated rings. The molecule has 3 rings (SSSR count). The average Bonchev–Trinajstić information content (AvgIpc) is 3.01. The highest BCUT2D eigenvalue weighted by Crippen LogP contribution is 2.33. The van der Waals surface area contributed by atoms with E-state index in [2.05, 4.69) is 10.3 Å². The van der Waals surface area contributed by atoms with Gasteiger partial charge in [-0.25, -0.2) is 4.99 Å². The van der Waals surface area contributed by atoms with Crippen molar-refractivity contribution in [2.45, 2.75) is 13.0 Å². The molecule has 23 heavy (non-hydrogen) atoms. The minimum Gasteiger partial charge on any atom is -0.497 e. The first-order chi connectivity index (χ1) is 11.2. The molecule has 1 aliphatic rings. The van der Waals surface area contributed by atoms with Gasteiger partial charge in [-0.3, -0.25) is 0 Å². The number of benzene rings is 2. The third-order valence-corrected chi connectivity index (χ3v) is 3.83. The summed E-state index contributed by atoms with van der Waals surface area (Å²) >= 11 is 6.14. The maximum atomic E-state index is 6.14. The molecule has 1 aliphatic heterocycles. The molecule has 0 saturated heterocycles.